The highest BCUT2D eigenvalue weighted by Gasteiger charge is 2.90. The third-order valence-corrected chi connectivity index (χ3v) is 26.4. The van der Waals surface area contributed by atoms with Crippen LogP contribution in [0.15, 0.2) is 22.3 Å². The molecule has 0 aromatic heterocycles. The summed E-state index contributed by atoms with van der Waals surface area (Å²) >= 11 is 0. The Hall–Kier alpha value is -7.34. The predicted octanol–water partition coefficient (Wildman–Crippen LogP) is 15.9. The highest BCUT2D eigenvalue weighted by Crippen LogP contribution is 2.92. The summed E-state index contributed by atoms with van der Waals surface area (Å²) in [5.41, 5.74) is 6.65. The number of hydrogen-bond acceptors (Lipinski definition) is 8. The summed E-state index contributed by atoms with van der Waals surface area (Å²) in [5, 5.41) is 56.9. The molecule has 0 radical (unpaired) electrons. The van der Waals surface area contributed by atoms with Crippen LogP contribution in [0.4, 0.5) is 0 Å². The number of ether oxygens (including phenoxy) is 4. The second kappa shape index (κ2) is 8.06. The minimum absolute atomic E-state index is 0.758. The van der Waals surface area contributed by atoms with E-state index in [-0.39, 0.29) is 0 Å². The first kappa shape index (κ1) is 35.4. The van der Waals surface area contributed by atoms with Gasteiger partial charge in [0.2, 0.25) is 0 Å². The average molecular weight is 1020 g/mol. The predicted molar refractivity (Wildman–Crippen MR) is 310 cm³/mol. The first-order chi connectivity index (χ1) is 38.9. The van der Waals surface area contributed by atoms with Crippen molar-refractivity contribution in [1.82, 2.24) is 0 Å². The molecule has 21 aromatic carbocycles. The quantitative estimate of drug-likeness (QED) is 0.0847. The van der Waals surface area contributed by atoms with Gasteiger partial charge >= 0.3 is 0 Å². The van der Waals surface area contributed by atoms with E-state index in [1.54, 1.807) is 0 Å². The van der Waals surface area contributed by atoms with E-state index in [1.807, 2.05) is 28.4 Å². The van der Waals surface area contributed by atoms with E-state index >= 15 is 0 Å². The lowest BCUT2D eigenvalue weighted by Gasteiger charge is -2.62. The van der Waals surface area contributed by atoms with Crippen molar-refractivity contribution in [3.05, 3.63) is 77.9 Å². The van der Waals surface area contributed by atoms with Crippen LogP contribution < -0.4 is 0 Å². The fourth-order valence-electron chi connectivity index (χ4n) is 26.3. The first-order valence-electron chi connectivity index (χ1n) is 29.1. The van der Waals surface area contributed by atoms with Gasteiger partial charge < -0.3 is 18.9 Å². The molecule has 0 N–H and O–H groups in total. The average Bonchev–Trinajstić information content (AvgIpc) is 1.39. The van der Waals surface area contributed by atoms with E-state index in [9.17, 15) is 0 Å². The standard InChI is InChI=1S/C72H30O8/c1-65(2,3)77-79-71-59-49-39-29-19-14-12-11-13-15(14)20-28-26-18(13)24-22-16(11)21-23-17(12)25-27(19)37(39)47-45-35(25)33(23)43-41-31(21)32(22)42-44-34(24)36(26)46-48-38(28)40(30(20)29)50(49)60(71)58(48)70(76-10)56(46)54(44)68(74-8)52(42)51(41)67(73-7)53(43)55(45)69(75-9,57(47)59)63-61(67)62(68)64(70)72(63,71)80-78-66(4,5)6/h1-10H3/t67-,68+,69-,70+,71?,72?. The largest absolute Gasteiger partial charge is 0.364 e. The summed E-state index contributed by atoms with van der Waals surface area (Å²) in [5.74, 6) is 0. The Kier molecular flexibility index (Phi) is 3.57. The van der Waals surface area contributed by atoms with Crippen molar-refractivity contribution < 1.29 is 38.5 Å². The van der Waals surface area contributed by atoms with Crippen LogP contribution in [0.1, 0.15) is 97.2 Å². The van der Waals surface area contributed by atoms with Crippen molar-refractivity contribution in [3.63, 3.8) is 0 Å². The number of methoxy groups -OCH3 is 4. The maximum absolute atomic E-state index is 8.33. The van der Waals surface area contributed by atoms with Gasteiger partial charge in [-0.15, -0.1) is 0 Å². The lowest BCUT2D eigenvalue weighted by Crippen LogP contribution is -2.70. The summed E-state index contributed by atoms with van der Waals surface area (Å²) < 4.78 is 32.4. The Morgan fingerprint density at radius 2 is 0.388 bits per heavy atom. The third-order valence-electron chi connectivity index (χ3n) is 26.4. The molecule has 0 amide bonds. The molecule has 8 nitrogen and oxygen atoms in total. The van der Waals surface area contributed by atoms with Gasteiger partial charge in [0, 0.05) is 106 Å². The van der Waals surface area contributed by atoms with Crippen LogP contribution in [0.2, 0.25) is 0 Å². The topological polar surface area (TPSA) is 73.8 Å². The molecule has 8 heteroatoms. The van der Waals surface area contributed by atoms with E-state index in [0.29, 0.717) is 0 Å². The van der Waals surface area contributed by atoms with Crippen molar-refractivity contribution in [2.75, 3.05) is 28.4 Å². The summed E-state index contributed by atoms with van der Waals surface area (Å²) in [4.78, 5) is 31.4. The maximum Gasteiger partial charge on any atom is 0.196 e. The molecular formula is C72H30O8. The lowest BCUT2D eigenvalue weighted by molar-refractivity contribution is -0.474. The van der Waals surface area contributed by atoms with E-state index < -0.39 is 44.8 Å². The van der Waals surface area contributed by atoms with Crippen LogP contribution in [0.25, 0.3) is 215 Å². The lowest BCUT2D eigenvalue weighted by atomic mass is 9.49. The van der Waals surface area contributed by atoms with Gasteiger partial charge in [0.1, 0.15) is 22.4 Å². The van der Waals surface area contributed by atoms with E-state index in [1.165, 1.54) is 260 Å². The molecule has 0 saturated carbocycles. The minimum atomic E-state index is -1.66. The molecule has 366 valence electrons. The molecule has 32 rings (SSSR count). The minimum Gasteiger partial charge on any atom is -0.364 e. The summed E-state index contributed by atoms with van der Waals surface area (Å²) in [6.45, 7) is 12.7. The van der Waals surface area contributed by atoms with E-state index in [2.05, 4.69) is 41.5 Å². The van der Waals surface area contributed by atoms with Crippen molar-refractivity contribution in [2.45, 2.75) is 86.4 Å². The second-order valence-corrected chi connectivity index (χ2v) is 29.7. The zero-order valence-electron chi connectivity index (χ0n) is 44.3. The molecule has 11 aliphatic carbocycles. The van der Waals surface area contributed by atoms with E-state index in [4.69, 9.17) is 38.5 Å². The van der Waals surface area contributed by atoms with Gasteiger partial charge in [-0.25, -0.2) is 19.6 Å². The molecule has 2 unspecified atom stereocenters. The molecule has 0 aliphatic heterocycles. The second-order valence-electron chi connectivity index (χ2n) is 29.7. The fraction of sp³-hybridized carbons (Fsp3) is 0.250. The van der Waals surface area contributed by atoms with Crippen LogP contribution >= 0.6 is 0 Å². The molecule has 11 aliphatic rings. The molecule has 21 aromatic rings. The third kappa shape index (κ3) is 1.98. The van der Waals surface area contributed by atoms with Gasteiger partial charge in [-0.05, 0) is 257 Å². The van der Waals surface area contributed by atoms with Crippen LogP contribution in [0, 0.1) is 0 Å². The van der Waals surface area contributed by atoms with Crippen LogP contribution in [-0.4, -0.2) is 45.2 Å². The van der Waals surface area contributed by atoms with Gasteiger partial charge in [0.25, 0.3) is 0 Å². The van der Waals surface area contributed by atoms with Gasteiger partial charge in [-0.1, -0.05) is 0 Å². The summed E-state index contributed by atoms with van der Waals surface area (Å²) in [6.07, 6.45) is 0. The van der Waals surface area contributed by atoms with Crippen molar-refractivity contribution >= 4 is 215 Å². The van der Waals surface area contributed by atoms with Crippen molar-refractivity contribution in [3.8, 4) is 0 Å². The normalized spacial score (nSPS) is 30.2. The molecule has 0 spiro atoms. The number of rotatable bonds is 8. The van der Waals surface area contributed by atoms with Crippen LogP contribution in [0.5, 0.6) is 0 Å². The highest BCUT2D eigenvalue weighted by atomic mass is 17.2. The molecule has 0 saturated heterocycles. The molecule has 0 fully saturated rings. The molecule has 0 heterocycles. The van der Waals surface area contributed by atoms with Crippen LogP contribution in [-0.2, 0) is 66.5 Å². The molecule has 0 bridgehead atoms. The number of hydrogen-bond donors (Lipinski definition) is 0. The van der Waals surface area contributed by atoms with E-state index in [0.717, 1.165) is 33.4 Å². The molecular weight excluding hydrogens is 993 g/mol. The molecule has 6 atom stereocenters. The van der Waals surface area contributed by atoms with Gasteiger partial charge in [0.15, 0.2) is 11.2 Å². The van der Waals surface area contributed by atoms with Crippen LogP contribution in [0.3, 0.4) is 0 Å². The Morgan fingerprint density at radius 3 is 0.600 bits per heavy atom. The van der Waals surface area contributed by atoms with Gasteiger partial charge in [-0.3, -0.25) is 0 Å². The Morgan fingerprint density at radius 1 is 0.212 bits per heavy atom. The zero-order chi connectivity index (χ0) is 50.8. The number of benzene rings is 15. The maximum atomic E-state index is 8.33. The van der Waals surface area contributed by atoms with Crippen molar-refractivity contribution in [2.24, 2.45) is 0 Å². The monoisotopic (exact) mass is 1020 g/mol. The Bertz CT molecular complexity index is 6740. The van der Waals surface area contributed by atoms with Gasteiger partial charge in [0.05, 0.1) is 11.2 Å². The SMILES string of the molecule is CO[C@]12C3=C4C5=C6C3(OOC(C)(C)C)C3(OOC(C)(C)C)c7c1c1c8c2c2c9c%10c(c%11c%12c%13c(c%14c%15c%16c(c3c3c7c7c1c1c%17c8c9c8c9c%10c%12c%10c%12c%13c%15c%13c%15c%16c3c3c7c1c1c(c3%15)c(c%13%12)c(c9%10)c1c%178)[C@@]6%14OC)[C@@]5%11OC)[C@@]42OC. The van der Waals surface area contributed by atoms with Gasteiger partial charge in [-0.2, -0.15) is 0 Å². The zero-order valence-corrected chi connectivity index (χ0v) is 44.3. The Labute approximate surface area is 444 Å². The first-order valence-corrected chi connectivity index (χ1v) is 29.1. The van der Waals surface area contributed by atoms with Crippen molar-refractivity contribution in [1.29, 1.82) is 0 Å². The Balaban J connectivity index is 1.12. The fourth-order valence-corrected chi connectivity index (χ4v) is 26.3. The molecule has 80 heavy (non-hydrogen) atoms. The smallest absolute Gasteiger partial charge is 0.196 e. The highest BCUT2D eigenvalue weighted by molar-refractivity contribution is 6.77. The summed E-state index contributed by atoms with van der Waals surface area (Å²) in [7, 11) is 8.02. The summed E-state index contributed by atoms with van der Waals surface area (Å²) in [6, 6.07) is 0.